The Labute approximate surface area is 128 Å². The van der Waals surface area contributed by atoms with Crippen molar-refractivity contribution < 1.29 is 18.0 Å². The van der Waals surface area contributed by atoms with Gasteiger partial charge in [0.25, 0.3) is 10.0 Å². The number of likely N-dealkylation sites (tertiary alicyclic amines) is 1. The Morgan fingerprint density at radius 1 is 1.18 bits per heavy atom. The summed E-state index contributed by atoms with van der Waals surface area (Å²) in [5, 5.41) is 0. The number of hydrazine groups is 1. The largest absolute Gasteiger partial charge is 0.339 e. The molecule has 1 saturated carbocycles. The van der Waals surface area contributed by atoms with E-state index in [1.165, 1.54) is 12.1 Å². The van der Waals surface area contributed by atoms with Crippen LogP contribution in [-0.4, -0.2) is 37.7 Å². The molecule has 3 rings (SSSR count). The molecule has 2 amide bonds. The zero-order valence-electron chi connectivity index (χ0n) is 11.9. The van der Waals surface area contributed by atoms with Crippen molar-refractivity contribution in [2.24, 2.45) is 5.92 Å². The van der Waals surface area contributed by atoms with Gasteiger partial charge in [-0.15, -0.1) is 4.83 Å². The molecule has 2 aliphatic rings. The van der Waals surface area contributed by atoms with E-state index in [4.69, 9.17) is 0 Å². The number of hydrogen-bond donors (Lipinski definition) is 2. The van der Waals surface area contributed by atoms with E-state index in [1.54, 1.807) is 23.1 Å². The molecular weight excluding hydrogens is 306 g/mol. The molecule has 1 atom stereocenters. The molecule has 7 nitrogen and oxygen atoms in total. The third kappa shape index (κ3) is 3.12. The van der Waals surface area contributed by atoms with Crippen LogP contribution in [0.15, 0.2) is 35.2 Å². The van der Waals surface area contributed by atoms with E-state index < -0.39 is 21.8 Å². The zero-order chi connectivity index (χ0) is 15.7. The van der Waals surface area contributed by atoms with Crippen molar-refractivity contribution in [1.82, 2.24) is 15.2 Å². The average Bonchev–Trinajstić information content (AvgIpc) is 3.28. The third-order valence-electron chi connectivity index (χ3n) is 3.88. The predicted octanol–water partition coefficient (Wildman–Crippen LogP) is 0.00700. The van der Waals surface area contributed by atoms with Crippen molar-refractivity contribution in [2.45, 2.75) is 30.2 Å². The molecule has 0 radical (unpaired) electrons. The minimum Gasteiger partial charge on any atom is -0.339 e. The summed E-state index contributed by atoms with van der Waals surface area (Å²) in [7, 11) is -3.80. The molecule has 1 aromatic rings. The van der Waals surface area contributed by atoms with Crippen LogP contribution in [-0.2, 0) is 19.6 Å². The monoisotopic (exact) mass is 323 g/mol. The van der Waals surface area contributed by atoms with Gasteiger partial charge in [-0.2, -0.15) is 0 Å². The number of rotatable bonds is 5. The smallest absolute Gasteiger partial charge is 0.257 e. The van der Waals surface area contributed by atoms with Gasteiger partial charge in [-0.1, -0.05) is 18.2 Å². The number of carbonyl (C=O) groups excluding carboxylic acids is 2. The highest BCUT2D eigenvalue weighted by Gasteiger charge is 2.41. The second kappa shape index (κ2) is 5.69. The Morgan fingerprint density at radius 2 is 1.86 bits per heavy atom. The highest BCUT2D eigenvalue weighted by Crippen LogP contribution is 2.32. The van der Waals surface area contributed by atoms with Crippen LogP contribution >= 0.6 is 0 Å². The van der Waals surface area contributed by atoms with E-state index in [0.29, 0.717) is 6.54 Å². The highest BCUT2D eigenvalue weighted by molar-refractivity contribution is 7.89. The first-order valence-corrected chi connectivity index (χ1v) is 8.62. The summed E-state index contributed by atoms with van der Waals surface area (Å²) in [4.78, 5) is 27.7. The van der Waals surface area contributed by atoms with Crippen molar-refractivity contribution in [3.05, 3.63) is 30.3 Å². The Bertz CT molecular complexity index is 685. The standard InChI is InChI=1S/C14H17N3O4S/c18-13-8-10(9-17(13)11-6-7-11)14(19)15-16-22(20,21)12-4-2-1-3-5-12/h1-5,10-11,16H,6-9H2,(H,15,19). The topological polar surface area (TPSA) is 95.6 Å². The van der Waals surface area contributed by atoms with Crippen LogP contribution in [0.3, 0.4) is 0 Å². The summed E-state index contributed by atoms with van der Waals surface area (Å²) in [5.74, 6) is -1.02. The van der Waals surface area contributed by atoms with Gasteiger partial charge < -0.3 is 4.90 Å². The molecule has 8 heteroatoms. The Hall–Kier alpha value is -1.93. The van der Waals surface area contributed by atoms with Crippen LogP contribution in [0.4, 0.5) is 0 Å². The molecule has 0 spiro atoms. The van der Waals surface area contributed by atoms with Crippen molar-refractivity contribution in [2.75, 3.05) is 6.54 Å². The molecular formula is C14H17N3O4S. The van der Waals surface area contributed by atoms with Crippen molar-refractivity contribution >= 4 is 21.8 Å². The van der Waals surface area contributed by atoms with Crippen LogP contribution < -0.4 is 10.3 Å². The highest BCUT2D eigenvalue weighted by atomic mass is 32.2. The fourth-order valence-electron chi connectivity index (χ4n) is 2.52. The number of carbonyl (C=O) groups is 2. The van der Waals surface area contributed by atoms with Gasteiger partial charge in [0, 0.05) is 19.0 Å². The van der Waals surface area contributed by atoms with Gasteiger partial charge in [-0.25, -0.2) is 8.42 Å². The van der Waals surface area contributed by atoms with Gasteiger partial charge in [0.2, 0.25) is 11.8 Å². The van der Waals surface area contributed by atoms with Gasteiger partial charge >= 0.3 is 0 Å². The second-order valence-corrected chi connectivity index (χ2v) is 7.27. The van der Waals surface area contributed by atoms with Crippen LogP contribution in [0.5, 0.6) is 0 Å². The lowest BCUT2D eigenvalue weighted by atomic mass is 10.1. The second-order valence-electron chi connectivity index (χ2n) is 5.59. The molecule has 2 N–H and O–H groups in total. The molecule has 22 heavy (non-hydrogen) atoms. The summed E-state index contributed by atoms with van der Waals surface area (Å²) in [6.45, 7) is 0.363. The van der Waals surface area contributed by atoms with Crippen molar-refractivity contribution in [3.8, 4) is 0 Å². The molecule has 1 aliphatic carbocycles. The van der Waals surface area contributed by atoms with Gasteiger partial charge in [0.15, 0.2) is 0 Å². The van der Waals surface area contributed by atoms with E-state index in [9.17, 15) is 18.0 Å². The minimum atomic E-state index is -3.80. The molecule has 2 fully saturated rings. The van der Waals surface area contributed by atoms with Crippen LogP contribution in [0.1, 0.15) is 19.3 Å². The quantitative estimate of drug-likeness (QED) is 0.746. The fraction of sp³-hybridized carbons (Fsp3) is 0.429. The van der Waals surface area contributed by atoms with E-state index in [1.807, 2.05) is 0 Å². The number of sulfonamides is 1. The molecule has 1 unspecified atom stereocenters. The third-order valence-corrected chi connectivity index (χ3v) is 5.14. The van der Waals surface area contributed by atoms with Crippen molar-refractivity contribution in [1.29, 1.82) is 0 Å². The molecule has 0 aromatic heterocycles. The number of nitrogens with one attached hydrogen (secondary N) is 2. The van der Waals surface area contributed by atoms with Gasteiger partial charge in [0.1, 0.15) is 0 Å². The molecule has 118 valence electrons. The molecule has 1 heterocycles. The van der Waals surface area contributed by atoms with E-state index in [0.717, 1.165) is 12.8 Å². The summed E-state index contributed by atoms with van der Waals surface area (Å²) in [6.07, 6.45) is 2.11. The lowest BCUT2D eigenvalue weighted by molar-refractivity contribution is -0.129. The maximum atomic E-state index is 12.0. The van der Waals surface area contributed by atoms with Gasteiger partial charge in [-0.3, -0.25) is 15.0 Å². The van der Waals surface area contributed by atoms with Gasteiger partial charge in [0.05, 0.1) is 10.8 Å². The maximum Gasteiger partial charge on any atom is 0.257 e. The van der Waals surface area contributed by atoms with Crippen LogP contribution in [0, 0.1) is 5.92 Å². The van der Waals surface area contributed by atoms with E-state index >= 15 is 0 Å². The Balaban J connectivity index is 1.57. The first-order valence-electron chi connectivity index (χ1n) is 7.13. The SMILES string of the molecule is O=C(NNS(=O)(=O)c1ccccc1)C1CC(=O)N(C2CC2)C1. The van der Waals surface area contributed by atoms with Crippen molar-refractivity contribution in [3.63, 3.8) is 0 Å². The lowest BCUT2D eigenvalue weighted by Crippen LogP contribution is -2.45. The zero-order valence-corrected chi connectivity index (χ0v) is 12.7. The first-order chi connectivity index (χ1) is 10.5. The van der Waals surface area contributed by atoms with Crippen LogP contribution in [0.2, 0.25) is 0 Å². The fourth-order valence-corrected chi connectivity index (χ4v) is 3.39. The molecule has 1 saturated heterocycles. The Kier molecular flexibility index (Phi) is 3.88. The number of hydrogen-bond acceptors (Lipinski definition) is 4. The molecule has 1 aromatic carbocycles. The number of nitrogens with zero attached hydrogens (tertiary/aromatic N) is 1. The summed E-state index contributed by atoms with van der Waals surface area (Å²) >= 11 is 0. The first kappa shape index (κ1) is 15.0. The summed E-state index contributed by atoms with van der Waals surface area (Å²) in [5.41, 5.74) is 2.21. The van der Waals surface area contributed by atoms with Gasteiger partial charge in [-0.05, 0) is 25.0 Å². The lowest BCUT2D eigenvalue weighted by Gasteiger charge is -2.15. The normalized spacial score (nSPS) is 21.9. The maximum absolute atomic E-state index is 12.0. The summed E-state index contributed by atoms with van der Waals surface area (Å²) < 4.78 is 24.0. The number of benzene rings is 1. The van der Waals surface area contributed by atoms with E-state index in [-0.39, 0.29) is 23.3 Å². The summed E-state index contributed by atoms with van der Waals surface area (Å²) in [6, 6.07) is 8.03. The Morgan fingerprint density at radius 3 is 2.50 bits per heavy atom. The number of amides is 2. The molecule has 0 bridgehead atoms. The average molecular weight is 323 g/mol. The predicted molar refractivity (Wildman–Crippen MR) is 77.7 cm³/mol. The van der Waals surface area contributed by atoms with Crippen LogP contribution in [0.25, 0.3) is 0 Å². The minimum absolute atomic E-state index is 0.0337. The molecule has 1 aliphatic heterocycles. The van der Waals surface area contributed by atoms with E-state index in [2.05, 4.69) is 10.3 Å².